The number of nitrogens with zero attached hydrogens (tertiary/aromatic N) is 2. The fourth-order valence-electron chi connectivity index (χ4n) is 3.03. The van der Waals surface area contributed by atoms with Crippen LogP contribution in [0.1, 0.15) is 16.1 Å². The van der Waals surface area contributed by atoms with Gasteiger partial charge in [0, 0.05) is 41.6 Å². The van der Waals surface area contributed by atoms with E-state index in [-0.39, 0.29) is 10.8 Å². The van der Waals surface area contributed by atoms with Gasteiger partial charge in [-0.3, -0.25) is 9.52 Å². The molecule has 0 saturated carbocycles. The first-order valence-corrected chi connectivity index (χ1v) is 11.4. The van der Waals surface area contributed by atoms with E-state index in [1.807, 2.05) is 35.0 Å². The van der Waals surface area contributed by atoms with E-state index >= 15 is 0 Å². The molecule has 0 aliphatic heterocycles. The lowest BCUT2D eigenvalue weighted by atomic mass is 10.2. The minimum Gasteiger partial charge on any atom is -0.352 e. The summed E-state index contributed by atoms with van der Waals surface area (Å²) in [5.74, 6) is -0.279. The molecule has 158 valence electrons. The highest BCUT2D eigenvalue weighted by molar-refractivity contribution is 7.92. The topological polar surface area (TPSA) is 92.6 Å². The quantitative estimate of drug-likeness (QED) is 0.444. The fourth-order valence-corrected chi connectivity index (χ4v) is 4.22. The van der Waals surface area contributed by atoms with Gasteiger partial charge in [0.15, 0.2) is 0 Å². The first-order chi connectivity index (χ1) is 14.9. The summed E-state index contributed by atoms with van der Waals surface area (Å²) in [7, 11) is -3.77. The molecule has 2 heterocycles. The highest BCUT2D eigenvalue weighted by Crippen LogP contribution is 2.19. The summed E-state index contributed by atoms with van der Waals surface area (Å²) in [6.45, 7) is 0.418. The molecule has 2 aromatic carbocycles. The second kappa shape index (κ2) is 8.79. The number of hydrogen-bond donors (Lipinski definition) is 2. The Kier molecular flexibility index (Phi) is 5.92. The van der Waals surface area contributed by atoms with Crippen molar-refractivity contribution in [3.63, 3.8) is 0 Å². The van der Waals surface area contributed by atoms with Crippen molar-refractivity contribution in [2.24, 2.45) is 0 Å². The fraction of sp³-hybridized carbons (Fsp3) is 0.0909. The van der Waals surface area contributed by atoms with Crippen LogP contribution in [0.3, 0.4) is 0 Å². The van der Waals surface area contributed by atoms with Gasteiger partial charge in [-0.25, -0.2) is 13.4 Å². The van der Waals surface area contributed by atoms with Gasteiger partial charge < -0.3 is 9.72 Å². The molecule has 0 aliphatic carbocycles. The van der Waals surface area contributed by atoms with Crippen LogP contribution in [0.4, 0.5) is 5.69 Å². The first-order valence-electron chi connectivity index (χ1n) is 9.50. The van der Waals surface area contributed by atoms with Gasteiger partial charge >= 0.3 is 0 Å². The molecule has 4 rings (SSSR count). The zero-order valence-corrected chi connectivity index (χ0v) is 17.9. The van der Waals surface area contributed by atoms with Gasteiger partial charge in [0.05, 0.1) is 10.6 Å². The number of imidazole rings is 1. The van der Waals surface area contributed by atoms with E-state index < -0.39 is 10.0 Å². The van der Waals surface area contributed by atoms with Gasteiger partial charge in [0.1, 0.15) is 5.65 Å². The average molecular weight is 455 g/mol. The molecule has 7 nitrogen and oxygen atoms in total. The number of benzene rings is 2. The largest absolute Gasteiger partial charge is 0.352 e. The highest BCUT2D eigenvalue weighted by Gasteiger charge is 2.15. The van der Waals surface area contributed by atoms with Gasteiger partial charge in [-0.1, -0.05) is 17.7 Å². The third kappa shape index (κ3) is 5.04. The maximum absolute atomic E-state index is 12.5. The third-order valence-electron chi connectivity index (χ3n) is 4.60. The molecule has 0 bridgehead atoms. The van der Waals surface area contributed by atoms with Gasteiger partial charge in [-0.15, -0.1) is 0 Å². The molecule has 1 amide bonds. The zero-order chi connectivity index (χ0) is 21.8. The Bertz CT molecular complexity index is 1280. The molecule has 4 aromatic rings. The summed E-state index contributed by atoms with van der Waals surface area (Å²) in [5.41, 5.74) is 2.51. The monoisotopic (exact) mass is 454 g/mol. The molecule has 0 saturated heterocycles. The Labute approximate surface area is 184 Å². The molecule has 0 spiro atoms. The van der Waals surface area contributed by atoms with Crippen molar-refractivity contribution in [3.05, 3.63) is 95.4 Å². The van der Waals surface area contributed by atoms with Crippen LogP contribution in [-0.2, 0) is 16.4 Å². The summed E-state index contributed by atoms with van der Waals surface area (Å²) in [4.78, 5) is 16.9. The maximum atomic E-state index is 12.5. The molecular weight excluding hydrogens is 436 g/mol. The lowest BCUT2D eigenvalue weighted by Gasteiger charge is -2.09. The van der Waals surface area contributed by atoms with Crippen molar-refractivity contribution in [2.45, 2.75) is 11.3 Å². The number of nitrogens with one attached hydrogen (secondary N) is 2. The maximum Gasteiger partial charge on any atom is 0.261 e. The molecule has 0 unspecified atom stereocenters. The van der Waals surface area contributed by atoms with Gasteiger partial charge in [0.2, 0.25) is 0 Å². The number of carbonyl (C=O) groups excluding carboxylic acids is 1. The number of aromatic nitrogens is 2. The SMILES string of the molecule is O=C(NCCc1cn2ccccc2n1)c1ccc(S(=O)(=O)Nc2ccc(Cl)cc2)cc1. The Morgan fingerprint density at radius 3 is 2.45 bits per heavy atom. The number of pyridine rings is 1. The molecule has 0 fully saturated rings. The Morgan fingerprint density at radius 1 is 1.00 bits per heavy atom. The van der Waals surface area contributed by atoms with E-state index in [0.717, 1.165) is 11.3 Å². The Morgan fingerprint density at radius 2 is 1.74 bits per heavy atom. The van der Waals surface area contributed by atoms with E-state index in [0.29, 0.717) is 29.2 Å². The lowest BCUT2D eigenvalue weighted by Crippen LogP contribution is -2.25. The van der Waals surface area contributed by atoms with Crippen molar-refractivity contribution in [1.29, 1.82) is 0 Å². The van der Waals surface area contributed by atoms with Crippen LogP contribution in [0.2, 0.25) is 5.02 Å². The van der Waals surface area contributed by atoms with Crippen molar-refractivity contribution >= 4 is 38.9 Å². The van der Waals surface area contributed by atoms with Crippen molar-refractivity contribution in [1.82, 2.24) is 14.7 Å². The van der Waals surface area contributed by atoms with Crippen molar-refractivity contribution < 1.29 is 13.2 Å². The molecular formula is C22H19ClN4O3S. The number of fused-ring (bicyclic) bond motifs is 1. The summed E-state index contributed by atoms with van der Waals surface area (Å²) < 4.78 is 29.4. The van der Waals surface area contributed by atoms with Gasteiger partial charge in [-0.2, -0.15) is 0 Å². The molecule has 2 N–H and O–H groups in total. The van der Waals surface area contributed by atoms with Crippen LogP contribution in [0, 0.1) is 0 Å². The van der Waals surface area contributed by atoms with Gasteiger partial charge in [-0.05, 0) is 60.7 Å². The van der Waals surface area contributed by atoms with Crippen molar-refractivity contribution in [3.8, 4) is 0 Å². The van der Waals surface area contributed by atoms with E-state index in [9.17, 15) is 13.2 Å². The molecule has 0 radical (unpaired) electrons. The number of anilines is 1. The Hall–Kier alpha value is -3.36. The Balaban J connectivity index is 1.35. The number of sulfonamides is 1. The van der Waals surface area contributed by atoms with E-state index in [2.05, 4.69) is 15.0 Å². The average Bonchev–Trinajstić information content (AvgIpc) is 3.18. The summed E-state index contributed by atoms with van der Waals surface area (Å²) in [6, 6.07) is 17.9. The van der Waals surface area contributed by atoms with Crippen LogP contribution in [0.5, 0.6) is 0 Å². The third-order valence-corrected chi connectivity index (χ3v) is 6.25. The van der Waals surface area contributed by atoms with Crippen molar-refractivity contribution in [2.75, 3.05) is 11.3 Å². The van der Waals surface area contributed by atoms with Gasteiger partial charge in [0.25, 0.3) is 15.9 Å². The predicted molar refractivity (Wildman–Crippen MR) is 120 cm³/mol. The highest BCUT2D eigenvalue weighted by atomic mass is 35.5. The van der Waals surface area contributed by atoms with Crippen LogP contribution in [0.15, 0.2) is 84.0 Å². The molecule has 0 aliphatic rings. The minimum atomic E-state index is -3.77. The number of hydrogen-bond acceptors (Lipinski definition) is 4. The smallest absolute Gasteiger partial charge is 0.261 e. The van der Waals surface area contributed by atoms with Crippen LogP contribution >= 0.6 is 11.6 Å². The molecule has 31 heavy (non-hydrogen) atoms. The standard InChI is InChI=1S/C22H19ClN4O3S/c23-17-6-8-18(9-7-17)26-31(29,30)20-10-4-16(5-11-20)22(28)24-13-12-19-15-27-14-2-1-3-21(27)25-19/h1-11,14-15,26H,12-13H2,(H,24,28). The van der Waals surface area contributed by atoms with E-state index in [1.165, 1.54) is 24.3 Å². The van der Waals surface area contributed by atoms with E-state index in [4.69, 9.17) is 11.6 Å². The summed E-state index contributed by atoms with van der Waals surface area (Å²) in [5, 5.41) is 3.34. The number of amides is 1. The zero-order valence-electron chi connectivity index (χ0n) is 16.3. The van der Waals surface area contributed by atoms with Crippen LogP contribution in [0.25, 0.3) is 5.65 Å². The number of halogens is 1. The second-order valence-electron chi connectivity index (χ2n) is 6.84. The molecule has 0 atom stereocenters. The molecule has 9 heteroatoms. The van der Waals surface area contributed by atoms with E-state index in [1.54, 1.807) is 24.3 Å². The normalized spacial score (nSPS) is 11.4. The lowest BCUT2D eigenvalue weighted by molar-refractivity contribution is 0.0954. The summed E-state index contributed by atoms with van der Waals surface area (Å²) in [6.07, 6.45) is 4.43. The molecule has 2 aromatic heterocycles. The number of carbonyl (C=O) groups is 1. The van der Waals surface area contributed by atoms with Crippen LogP contribution < -0.4 is 10.0 Å². The van der Waals surface area contributed by atoms with Crippen LogP contribution in [-0.4, -0.2) is 30.3 Å². The predicted octanol–water partition coefficient (Wildman–Crippen LogP) is 3.76. The summed E-state index contributed by atoms with van der Waals surface area (Å²) >= 11 is 5.82. The first kappa shape index (κ1) is 20.9. The second-order valence-corrected chi connectivity index (χ2v) is 8.96. The number of rotatable bonds is 7. The minimum absolute atomic E-state index is 0.0590.